The second-order valence-electron chi connectivity index (χ2n) is 6.05. The first-order valence-corrected chi connectivity index (χ1v) is 10.1. The molecule has 1 N–H and O–H groups in total. The molecule has 0 fully saturated rings. The van der Waals surface area contributed by atoms with Crippen LogP contribution in [0.2, 0.25) is 5.02 Å². The molecule has 1 atom stereocenters. The van der Waals surface area contributed by atoms with Crippen molar-refractivity contribution >= 4 is 38.9 Å². The van der Waals surface area contributed by atoms with Crippen LogP contribution in [0.3, 0.4) is 0 Å². The van der Waals surface area contributed by atoms with Crippen molar-refractivity contribution in [1.82, 2.24) is 0 Å². The quantitative estimate of drug-likeness (QED) is 0.802. The largest absolute Gasteiger partial charge is 0.476 e. The average molecular weight is 435 g/mol. The van der Waals surface area contributed by atoms with Crippen molar-refractivity contribution in [2.75, 3.05) is 22.4 Å². The lowest BCUT2D eigenvalue weighted by Gasteiger charge is -2.34. The lowest BCUT2D eigenvalue weighted by atomic mass is 10.1. The van der Waals surface area contributed by atoms with Crippen LogP contribution in [0.15, 0.2) is 42.5 Å². The Labute approximate surface area is 163 Å². The van der Waals surface area contributed by atoms with Gasteiger partial charge in [-0.2, -0.15) is 13.2 Å². The number of fused-ring (bicyclic) bond motifs is 1. The topological polar surface area (TPSA) is 75.7 Å². The van der Waals surface area contributed by atoms with Crippen molar-refractivity contribution < 1.29 is 31.1 Å². The Hall–Kier alpha value is -2.46. The standard InChI is InChI=1S/C17H14ClF3N2O4S/c1-28(25,26)23-9-15(27-14-5-3-2-4-13(14)23)16(24)22-12-7-6-10(18)8-11(12)17(19,20)21/h2-8,15H,9H2,1H3,(H,22,24). The molecule has 2 aromatic carbocycles. The fraction of sp³-hybridized carbons (Fsp3) is 0.235. The predicted molar refractivity (Wildman–Crippen MR) is 98.1 cm³/mol. The second-order valence-corrected chi connectivity index (χ2v) is 8.39. The summed E-state index contributed by atoms with van der Waals surface area (Å²) in [6.45, 7) is -0.378. The fourth-order valence-electron chi connectivity index (χ4n) is 2.73. The Morgan fingerprint density at radius 2 is 1.93 bits per heavy atom. The Morgan fingerprint density at radius 3 is 2.57 bits per heavy atom. The lowest BCUT2D eigenvalue weighted by molar-refractivity contribution is -0.137. The van der Waals surface area contributed by atoms with E-state index >= 15 is 0 Å². The molecule has 11 heteroatoms. The highest BCUT2D eigenvalue weighted by Gasteiger charge is 2.37. The minimum absolute atomic E-state index is 0.131. The first-order valence-electron chi connectivity index (χ1n) is 7.88. The molecular weight excluding hydrogens is 421 g/mol. The summed E-state index contributed by atoms with van der Waals surface area (Å²) >= 11 is 5.62. The molecule has 1 aliphatic heterocycles. The van der Waals surface area contributed by atoms with Crippen LogP contribution in [0.4, 0.5) is 24.5 Å². The number of halogens is 4. The van der Waals surface area contributed by atoms with Crippen LogP contribution >= 0.6 is 11.6 Å². The molecule has 1 unspecified atom stereocenters. The van der Waals surface area contributed by atoms with Crippen LogP contribution in [0.1, 0.15) is 5.56 Å². The van der Waals surface area contributed by atoms with Gasteiger partial charge in [0.05, 0.1) is 29.7 Å². The maximum atomic E-state index is 13.2. The van der Waals surface area contributed by atoms with Gasteiger partial charge in [0.15, 0.2) is 6.10 Å². The Balaban J connectivity index is 1.91. The highest BCUT2D eigenvalue weighted by atomic mass is 35.5. The number of hydrogen-bond acceptors (Lipinski definition) is 4. The molecule has 1 aliphatic rings. The number of ether oxygens (including phenoxy) is 1. The first-order chi connectivity index (χ1) is 13.0. The van der Waals surface area contributed by atoms with Gasteiger partial charge in [-0.3, -0.25) is 9.10 Å². The molecule has 2 aromatic rings. The van der Waals surface area contributed by atoms with Gasteiger partial charge in [-0.25, -0.2) is 8.42 Å². The number of nitrogens with one attached hydrogen (secondary N) is 1. The van der Waals surface area contributed by atoms with Crippen molar-refractivity contribution in [3.63, 3.8) is 0 Å². The number of anilines is 2. The molecule has 0 spiro atoms. The van der Waals surface area contributed by atoms with Gasteiger partial charge in [-0.05, 0) is 30.3 Å². The van der Waals surface area contributed by atoms with Crippen LogP contribution in [0.5, 0.6) is 5.75 Å². The number of hydrogen-bond donors (Lipinski definition) is 1. The van der Waals surface area contributed by atoms with Gasteiger partial charge >= 0.3 is 6.18 Å². The third-order valence-electron chi connectivity index (χ3n) is 3.97. The zero-order valence-corrected chi connectivity index (χ0v) is 15.9. The van der Waals surface area contributed by atoms with Crippen molar-refractivity contribution in [1.29, 1.82) is 0 Å². The van der Waals surface area contributed by atoms with Crippen LogP contribution in [-0.4, -0.2) is 33.2 Å². The molecule has 150 valence electrons. The predicted octanol–water partition coefficient (Wildman–Crippen LogP) is 3.52. The van der Waals surface area contributed by atoms with Crippen LogP contribution in [0, 0.1) is 0 Å². The molecule has 28 heavy (non-hydrogen) atoms. The van der Waals surface area contributed by atoms with E-state index in [0.29, 0.717) is 6.07 Å². The Kier molecular flexibility index (Phi) is 5.20. The van der Waals surface area contributed by atoms with E-state index < -0.39 is 39.5 Å². The van der Waals surface area contributed by atoms with Crippen LogP contribution < -0.4 is 14.4 Å². The number of carbonyl (C=O) groups is 1. The zero-order chi connectivity index (χ0) is 20.7. The van der Waals surface area contributed by atoms with Gasteiger partial charge in [0, 0.05) is 5.02 Å². The summed E-state index contributed by atoms with van der Waals surface area (Å²) in [6, 6.07) is 9.07. The molecule has 6 nitrogen and oxygen atoms in total. The van der Waals surface area contributed by atoms with Gasteiger partial charge in [0.25, 0.3) is 5.91 Å². The van der Waals surface area contributed by atoms with Gasteiger partial charge in [-0.15, -0.1) is 0 Å². The minimum Gasteiger partial charge on any atom is -0.476 e. The Morgan fingerprint density at radius 1 is 1.25 bits per heavy atom. The summed E-state index contributed by atoms with van der Waals surface area (Å²) in [7, 11) is -3.74. The van der Waals surface area contributed by atoms with E-state index in [4.69, 9.17) is 16.3 Å². The molecule has 3 rings (SSSR count). The number of benzene rings is 2. The van der Waals surface area contributed by atoms with Gasteiger partial charge in [0.2, 0.25) is 10.0 Å². The summed E-state index contributed by atoms with van der Waals surface area (Å²) in [5.41, 5.74) is -1.38. The number of amides is 1. The number of sulfonamides is 1. The lowest BCUT2D eigenvalue weighted by Crippen LogP contribution is -2.48. The summed E-state index contributed by atoms with van der Waals surface area (Å²) in [5, 5.41) is 2.01. The molecule has 1 amide bonds. The number of para-hydroxylation sites is 2. The van der Waals surface area contributed by atoms with Crippen molar-refractivity contribution in [3.8, 4) is 5.75 Å². The number of rotatable bonds is 3. The minimum atomic E-state index is -4.74. The van der Waals surface area contributed by atoms with Gasteiger partial charge < -0.3 is 10.1 Å². The third kappa shape index (κ3) is 4.17. The molecule has 1 heterocycles. The molecule has 0 saturated carbocycles. The van der Waals surface area contributed by atoms with Crippen molar-refractivity contribution in [3.05, 3.63) is 53.1 Å². The van der Waals surface area contributed by atoms with E-state index in [1.165, 1.54) is 18.2 Å². The smallest absolute Gasteiger partial charge is 0.418 e. The number of nitrogens with zero attached hydrogens (tertiary/aromatic N) is 1. The molecule has 0 bridgehead atoms. The van der Waals surface area contributed by atoms with E-state index in [-0.39, 0.29) is 23.0 Å². The molecule has 0 aromatic heterocycles. The van der Waals surface area contributed by atoms with Gasteiger partial charge in [-0.1, -0.05) is 23.7 Å². The van der Waals surface area contributed by atoms with E-state index in [1.54, 1.807) is 12.1 Å². The van der Waals surface area contributed by atoms with E-state index in [0.717, 1.165) is 16.6 Å². The number of alkyl halides is 3. The summed E-state index contributed by atoms with van der Waals surface area (Å²) in [4.78, 5) is 12.6. The highest BCUT2D eigenvalue weighted by Crippen LogP contribution is 2.38. The average Bonchev–Trinajstić information content (AvgIpc) is 2.60. The highest BCUT2D eigenvalue weighted by molar-refractivity contribution is 7.92. The van der Waals surface area contributed by atoms with E-state index in [2.05, 4.69) is 5.32 Å². The monoisotopic (exact) mass is 434 g/mol. The molecule has 0 aliphatic carbocycles. The van der Waals surface area contributed by atoms with Crippen molar-refractivity contribution in [2.24, 2.45) is 0 Å². The van der Waals surface area contributed by atoms with Crippen LogP contribution in [0.25, 0.3) is 0 Å². The summed E-state index contributed by atoms with van der Waals surface area (Å²) in [6.07, 6.45) is -5.13. The first kappa shape index (κ1) is 20.3. The van der Waals surface area contributed by atoms with Crippen molar-refractivity contribution in [2.45, 2.75) is 12.3 Å². The van der Waals surface area contributed by atoms with Crippen LogP contribution in [-0.2, 0) is 21.0 Å². The zero-order valence-electron chi connectivity index (χ0n) is 14.3. The molecular formula is C17H14ClF3N2O4S. The normalized spacial score (nSPS) is 16.9. The Bertz CT molecular complexity index is 1030. The fourth-order valence-corrected chi connectivity index (χ4v) is 3.81. The SMILES string of the molecule is CS(=O)(=O)N1CC(C(=O)Nc2ccc(Cl)cc2C(F)(F)F)Oc2ccccc21. The van der Waals surface area contributed by atoms with E-state index in [1.807, 2.05) is 0 Å². The third-order valence-corrected chi connectivity index (χ3v) is 5.35. The molecule has 0 radical (unpaired) electrons. The molecule has 0 saturated heterocycles. The second kappa shape index (κ2) is 7.17. The van der Waals surface area contributed by atoms with Gasteiger partial charge in [0.1, 0.15) is 5.75 Å². The summed E-state index contributed by atoms with van der Waals surface area (Å²) in [5.74, 6) is -0.789. The summed E-state index contributed by atoms with van der Waals surface area (Å²) < 4.78 is 70.3. The number of carbonyl (C=O) groups excluding carboxylic acids is 1. The maximum Gasteiger partial charge on any atom is 0.418 e. The maximum absolute atomic E-state index is 13.2. The van der Waals surface area contributed by atoms with E-state index in [9.17, 15) is 26.4 Å².